The number of hydrogen-bond donors (Lipinski definition) is 0. The maximum atomic E-state index is 2.31. The summed E-state index contributed by atoms with van der Waals surface area (Å²) >= 11 is 0.755. The van der Waals surface area contributed by atoms with Gasteiger partial charge in [-0.15, -0.1) is 18.5 Å². The monoisotopic (exact) mass is 217 g/mol. The lowest BCUT2D eigenvalue weighted by molar-refractivity contribution is 0.700. The van der Waals surface area contributed by atoms with E-state index in [1.165, 1.54) is 10.6 Å². The summed E-state index contributed by atoms with van der Waals surface area (Å²) in [6.07, 6.45) is 0. The molecular formula is C11H27AlP. The Morgan fingerprint density at radius 2 is 1.08 bits per heavy atom. The minimum atomic E-state index is 0.380. The van der Waals surface area contributed by atoms with Gasteiger partial charge >= 0.3 is 0 Å². The van der Waals surface area contributed by atoms with Gasteiger partial charge in [-0.05, 0) is 20.0 Å². The third kappa shape index (κ3) is 32.1. The van der Waals surface area contributed by atoms with Crippen LogP contribution in [0.2, 0.25) is 10.6 Å². The maximum Gasteiger partial charge on any atom is 0.200 e. The van der Waals surface area contributed by atoms with Crippen molar-refractivity contribution in [3.8, 4) is 0 Å². The standard InChI is InChI=1S/2C4H9.C3H9P.Al/c3*1-4(2)3;/h2*4H,1H2,2-3H3;1-3H3;. The Morgan fingerprint density at radius 1 is 0.846 bits per heavy atom. The molecule has 0 amide bonds. The predicted molar refractivity (Wildman–Crippen MR) is 69.7 cm³/mol. The first-order valence-corrected chi connectivity index (χ1v) is 9.60. The normalized spacial score (nSPS) is 10.3. The SMILES string of the molecule is CC(C)[CH2][Al][CH2]C(C)C.CP(C)C. The second-order valence-electron chi connectivity index (χ2n) is 4.89. The van der Waals surface area contributed by atoms with Crippen molar-refractivity contribution in [3.05, 3.63) is 0 Å². The molecule has 0 bridgehead atoms. The van der Waals surface area contributed by atoms with Crippen LogP contribution in [-0.4, -0.2) is 35.2 Å². The van der Waals surface area contributed by atoms with E-state index in [2.05, 4.69) is 47.7 Å². The Hall–Kier alpha value is 0.962. The molecule has 0 aromatic rings. The highest BCUT2D eigenvalue weighted by molar-refractivity contribution is 7.55. The summed E-state index contributed by atoms with van der Waals surface area (Å²) in [5.41, 5.74) is 0. The first-order valence-electron chi connectivity index (χ1n) is 5.28. The van der Waals surface area contributed by atoms with Crippen molar-refractivity contribution in [1.29, 1.82) is 0 Å². The minimum absolute atomic E-state index is 0.380. The molecule has 0 spiro atoms. The summed E-state index contributed by atoms with van der Waals surface area (Å²) in [6, 6.07) is 0. The first kappa shape index (κ1) is 16.4. The Kier molecular flexibility index (Phi) is 13.9. The molecule has 0 heterocycles. The van der Waals surface area contributed by atoms with E-state index in [0.717, 1.165) is 27.1 Å². The molecule has 1 radical (unpaired) electrons. The molecule has 2 heteroatoms. The van der Waals surface area contributed by atoms with Crippen molar-refractivity contribution in [3.63, 3.8) is 0 Å². The second-order valence-corrected chi connectivity index (χ2v) is 9.09. The van der Waals surface area contributed by atoms with Crippen molar-refractivity contribution >= 4 is 23.1 Å². The van der Waals surface area contributed by atoms with Crippen LogP contribution in [0.1, 0.15) is 27.7 Å². The van der Waals surface area contributed by atoms with Gasteiger partial charge in [0, 0.05) is 0 Å². The van der Waals surface area contributed by atoms with Crippen LogP contribution in [0.5, 0.6) is 0 Å². The smallest absolute Gasteiger partial charge is 0.116 e. The molecule has 0 N–H and O–H groups in total. The summed E-state index contributed by atoms with van der Waals surface area (Å²) in [5.74, 6) is 1.86. The van der Waals surface area contributed by atoms with Gasteiger partial charge in [0.1, 0.15) is 0 Å². The Morgan fingerprint density at radius 3 is 1.23 bits per heavy atom. The molecule has 0 atom stereocenters. The van der Waals surface area contributed by atoms with E-state index in [9.17, 15) is 0 Å². The molecular weight excluding hydrogens is 190 g/mol. The maximum absolute atomic E-state index is 2.31. The predicted octanol–water partition coefficient (Wildman–Crippen LogP) is 4.20. The van der Waals surface area contributed by atoms with E-state index in [1.54, 1.807) is 0 Å². The molecule has 0 saturated carbocycles. The van der Waals surface area contributed by atoms with Crippen LogP contribution in [-0.2, 0) is 0 Å². The van der Waals surface area contributed by atoms with E-state index in [4.69, 9.17) is 0 Å². The molecule has 0 nitrogen and oxygen atoms in total. The van der Waals surface area contributed by atoms with Crippen LogP contribution in [0, 0.1) is 11.8 Å². The average molecular weight is 217 g/mol. The molecule has 13 heavy (non-hydrogen) atoms. The van der Waals surface area contributed by atoms with E-state index in [1.807, 2.05) is 0 Å². The summed E-state index contributed by atoms with van der Waals surface area (Å²) in [6.45, 7) is 15.9. The van der Waals surface area contributed by atoms with Crippen LogP contribution in [0.15, 0.2) is 0 Å². The molecule has 0 unspecified atom stereocenters. The first-order chi connectivity index (χ1) is 5.86. The van der Waals surface area contributed by atoms with Gasteiger partial charge in [0.15, 0.2) is 0 Å². The Bertz CT molecular complexity index is 79.3. The molecule has 0 aliphatic rings. The van der Waals surface area contributed by atoms with Gasteiger partial charge in [0.05, 0.1) is 0 Å². The van der Waals surface area contributed by atoms with Crippen molar-refractivity contribution in [1.82, 2.24) is 0 Å². The largest absolute Gasteiger partial charge is 0.200 e. The Labute approximate surface area is 93.4 Å². The zero-order chi connectivity index (χ0) is 10.9. The third-order valence-electron chi connectivity index (χ3n) is 1.28. The summed E-state index contributed by atoms with van der Waals surface area (Å²) in [7, 11) is 0.380. The fourth-order valence-corrected chi connectivity index (χ4v) is 2.29. The van der Waals surface area contributed by atoms with Gasteiger partial charge in [-0.3, -0.25) is 0 Å². The molecule has 0 aromatic heterocycles. The van der Waals surface area contributed by atoms with Gasteiger partial charge in [0.25, 0.3) is 0 Å². The lowest BCUT2D eigenvalue weighted by atomic mass is 10.3. The third-order valence-corrected chi connectivity index (χ3v) is 3.83. The summed E-state index contributed by atoms with van der Waals surface area (Å²) in [4.78, 5) is 0. The van der Waals surface area contributed by atoms with E-state index in [-0.39, 0.29) is 0 Å². The molecule has 0 saturated heterocycles. The van der Waals surface area contributed by atoms with E-state index >= 15 is 0 Å². The molecule has 0 aliphatic carbocycles. The summed E-state index contributed by atoms with van der Waals surface area (Å²) < 4.78 is 0. The summed E-state index contributed by atoms with van der Waals surface area (Å²) in [5, 5.41) is 2.97. The van der Waals surface area contributed by atoms with Crippen LogP contribution in [0.3, 0.4) is 0 Å². The lowest BCUT2D eigenvalue weighted by Crippen LogP contribution is -1.99. The van der Waals surface area contributed by atoms with Crippen molar-refractivity contribution < 1.29 is 0 Å². The van der Waals surface area contributed by atoms with Crippen LogP contribution in [0.25, 0.3) is 0 Å². The van der Waals surface area contributed by atoms with Crippen molar-refractivity contribution in [2.24, 2.45) is 11.8 Å². The molecule has 0 aromatic carbocycles. The van der Waals surface area contributed by atoms with Crippen LogP contribution in [0.4, 0.5) is 0 Å². The molecule has 0 rings (SSSR count). The zero-order valence-corrected chi connectivity index (χ0v) is 12.6. The Balaban J connectivity index is 0. The topological polar surface area (TPSA) is 0 Å². The highest BCUT2D eigenvalue weighted by atomic mass is 31.1. The number of rotatable bonds is 4. The fraction of sp³-hybridized carbons (Fsp3) is 1.00. The molecule has 79 valence electrons. The van der Waals surface area contributed by atoms with Gasteiger partial charge in [-0.1, -0.05) is 39.5 Å². The quantitative estimate of drug-likeness (QED) is 0.489. The molecule has 0 aliphatic heterocycles. The minimum Gasteiger partial charge on any atom is -0.116 e. The highest BCUT2D eigenvalue weighted by Gasteiger charge is 1.98. The molecule has 0 fully saturated rings. The second kappa shape index (κ2) is 11.0. The average Bonchev–Trinajstić information content (AvgIpc) is 1.83. The van der Waals surface area contributed by atoms with Gasteiger partial charge in [0.2, 0.25) is 15.2 Å². The highest BCUT2D eigenvalue weighted by Crippen LogP contribution is 2.14. The van der Waals surface area contributed by atoms with Crippen molar-refractivity contribution in [2.75, 3.05) is 20.0 Å². The zero-order valence-electron chi connectivity index (χ0n) is 10.6. The van der Waals surface area contributed by atoms with Gasteiger partial charge in [-0.25, -0.2) is 0 Å². The number of hydrogen-bond acceptors (Lipinski definition) is 0. The van der Waals surface area contributed by atoms with Gasteiger partial charge < -0.3 is 0 Å². The fourth-order valence-electron chi connectivity index (χ4n) is 0.763. The van der Waals surface area contributed by atoms with Crippen LogP contribution < -0.4 is 0 Å². The van der Waals surface area contributed by atoms with Crippen LogP contribution >= 0.6 is 7.92 Å². The van der Waals surface area contributed by atoms with Crippen molar-refractivity contribution in [2.45, 2.75) is 38.3 Å². The van der Waals surface area contributed by atoms with Gasteiger partial charge in [-0.2, -0.15) is 0 Å². The van der Waals surface area contributed by atoms with E-state index in [0.29, 0.717) is 7.92 Å². The lowest BCUT2D eigenvalue weighted by Gasteiger charge is -2.03. The van der Waals surface area contributed by atoms with E-state index < -0.39 is 0 Å².